The Morgan fingerprint density at radius 3 is 2.33 bits per heavy atom. The summed E-state index contributed by atoms with van der Waals surface area (Å²) in [6.45, 7) is 0. The first-order valence-corrected chi connectivity index (χ1v) is 10.8. The van der Waals surface area contributed by atoms with Crippen LogP contribution in [0.5, 0.6) is 0 Å². The summed E-state index contributed by atoms with van der Waals surface area (Å²) in [6, 6.07) is 24.5. The quantitative estimate of drug-likeness (QED) is 0.514. The van der Waals surface area contributed by atoms with Crippen molar-refractivity contribution in [2.75, 3.05) is 0 Å². The van der Waals surface area contributed by atoms with Gasteiger partial charge >= 0.3 is 0 Å². The van der Waals surface area contributed by atoms with Crippen LogP contribution in [0.25, 0.3) is 28.2 Å². The number of nitrogens with two attached hydrogens (primary N) is 1. The van der Waals surface area contributed by atoms with Gasteiger partial charge in [-0.25, -0.2) is 18.2 Å². The minimum atomic E-state index is -3.99. The third kappa shape index (κ3) is 3.72. The molecule has 1 heterocycles. The number of sulfonamides is 1. The van der Waals surface area contributed by atoms with Crippen LogP contribution < -0.4 is 5.14 Å². The molecule has 1 aromatic heterocycles. The third-order valence-electron chi connectivity index (χ3n) is 4.57. The molecule has 0 aliphatic rings. The largest absolute Gasteiger partial charge is 0.240 e. The molecule has 0 aliphatic heterocycles. The number of hydrogen-bond acceptors (Lipinski definition) is 4. The van der Waals surface area contributed by atoms with Gasteiger partial charge in [-0.3, -0.25) is 0 Å². The predicted octanol–water partition coefficient (Wildman–Crippen LogP) is 4.38. The van der Waals surface area contributed by atoms with Crippen LogP contribution in [0.4, 0.5) is 0 Å². The number of primary sulfonamides is 1. The molecule has 6 nitrogen and oxygen atoms in total. The van der Waals surface area contributed by atoms with E-state index in [0.29, 0.717) is 33.2 Å². The normalized spacial score (nSPS) is 11.2. The average Bonchev–Trinajstić information content (AvgIpc) is 3.19. The zero-order valence-electron chi connectivity index (χ0n) is 15.5. The van der Waals surface area contributed by atoms with Gasteiger partial charge in [-0.1, -0.05) is 54.1 Å². The molecule has 0 bridgehead atoms. The minimum absolute atomic E-state index is 0.0524. The second-order valence-electron chi connectivity index (χ2n) is 6.50. The van der Waals surface area contributed by atoms with Gasteiger partial charge in [0.15, 0.2) is 0 Å². The van der Waals surface area contributed by atoms with Gasteiger partial charge in [-0.15, -0.1) is 0 Å². The number of hydrogen-bond donors (Lipinski definition) is 1. The van der Waals surface area contributed by atoms with Crippen molar-refractivity contribution in [3.8, 4) is 34.3 Å². The van der Waals surface area contributed by atoms with E-state index in [1.807, 2.05) is 18.2 Å². The van der Waals surface area contributed by atoms with E-state index in [-0.39, 0.29) is 4.90 Å². The third-order valence-corrected chi connectivity index (χ3v) is 5.78. The Labute approximate surface area is 178 Å². The zero-order valence-corrected chi connectivity index (χ0v) is 17.1. The molecule has 8 heteroatoms. The minimum Gasteiger partial charge on any atom is -0.231 e. The predicted molar refractivity (Wildman–Crippen MR) is 116 cm³/mol. The van der Waals surface area contributed by atoms with Gasteiger partial charge in [0.2, 0.25) is 10.0 Å². The van der Waals surface area contributed by atoms with Gasteiger partial charge in [-0.2, -0.15) is 10.4 Å². The fourth-order valence-electron chi connectivity index (χ4n) is 3.20. The number of rotatable bonds is 4. The summed E-state index contributed by atoms with van der Waals surface area (Å²) in [6.07, 6.45) is 0. The molecule has 0 saturated carbocycles. The Bertz CT molecular complexity index is 1390. The second-order valence-corrected chi connectivity index (χ2v) is 8.47. The van der Waals surface area contributed by atoms with E-state index < -0.39 is 10.0 Å². The van der Waals surface area contributed by atoms with Crippen molar-refractivity contribution in [3.05, 3.63) is 89.4 Å². The highest BCUT2D eigenvalue weighted by Crippen LogP contribution is 2.32. The molecule has 0 saturated heterocycles. The monoisotopic (exact) mass is 434 g/mol. The number of benzene rings is 3. The Morgan fingerprint density at radius 1 is 0.967 bits per heavy atom. The molecular formula is C22H15ClN4O2S. The molecule has 0 unspecified atom stereocenters. The lowest BCUT2D eigenvalue weighted by Gasteiger charge is -2.11. The summed E-state index contributed by atoms with van der Waals surface area (Å²) in [5.74, 6) is 0. The number of nitriles is 1. The summed E-state index contributed by atoms with van der Waals surface area (Å²) in [4.78, 5) is -0.0524. The van der Waals surface area contributed by atoms with Crippen LogP contribution in [0.2, 0.25) is 5.02 Å². The first-order valence-electron chi connectivity index (χ1n) is 8.86. The van der Waals surface area contributed by atoms with E-state index in [2.05, 4.69) is 11.2 Å². The molecule has 0 fully saturated rings. The molecular weight excluding hydrogens is 420 g/mol. The highest BCUT2D eigenvalue weighted by molar-refractivity contribution is 7.89. The number of nitrogens with zero attached hydrogens (tertiary/aromatic N) is 3. The fourth-order valence-corrected chi connectivity index (χ4v) is 4.04. The number of para-hydroxylation sites is 1. The van der Waals surface area contributed by atoms with E-state index >= 15 is 0 Å². The lowest BCUT2D eigenvalue weighted by atomic mass is 10.0. The first kappa shape index (κ1) is 19.9. The van der Waals surface area contributed by atoms with Gasteiger partial charge < -0.3 is 0 Å². The van der Waals surface area contributed by atoms with E-state index in [4.69, 9.17) is 16.7 Å². The Morgan fingerprint density at radius 2 is 1.63 bits per heavy atom. The summed E-state index contributed by atoms with van der Waals surface area (Å²) >= 11 is 6.03. The highest BCUT2D eigenvalue weighted by atomic mass is 35.5. The molecule has 148 valence electrons. The van der Waals surface area contributed by atoms with Gasteiger partial charge in [0.05, 0.1) is 28.7 Å². The zero-order chi connectivity index (χ0) is 21.3. The molecule has 4 rings (SSSR count). The maximum absolute atomic E-state index is 12.2. The van der Waals surface area contributed by atoms with E-state index in [9.17, 15) is 13.7 Å². The molecule has 0 amide bonds. The van der Waals surface area contributed by atoms with E-state index in [1.54, 1.807) is 54.6 Å². The average molecular weight is 435 g/mol. The van der Waals surface area contributed by atoms with Crippen molar-refractivity contribution >= 4 is 21.6 Å². The number of aromatic nitrogens is 2. The SMILES string of the molecule is N#Cc1ccccc1-c1cc(-c2ccc(Cl)cc2)n(-c2ccccc2S(N)(=O)=O)n1. The van der Waals surface area contributed by atoms with Gasteiger partial charge in [0.25, 0.3) is 0 Å². The standard InChI is InChI=1S/C22H15ClN4O2S/c23-17-11-9-15(10-12-17)21-13-19(18-6-2-1-5-16(18)14-24)26-27(21)20-7-3-4-8-22(20)30(25,28)29/h1-13H,(H2,25,28,29). The fraction of sp³-hybridized carbons (Fsp3) is 0. The topological polar surface area (TPSA) is 102 Å². The van der Waals surface area contributed by atoms with Crippen molar-refractivity contribution in [3.63, 3.8) is 0 Å². The van der Waals surface area contributed by atoms with Crippen LogP contribution in [0.15, 0.2) is 83.8 Å². The maximum atomic E-state index is 12.2. The van der Waals surface area contributed by atoms with Gasteiger partial charge in [0, 0.05) is 16.1 Å². The first-order chi connectivity index (χ1) is 14.4. The number of halogens is 1. The van der Waals surface area contributed by atoms with Crippen LogP contribution in [0, 0.1) is 11.3 Å². The van der Waals surface area contributed by atoms with Crippen LogP contribution in [-0.4, -0.2) is 18.2 Å². The molecule has 0 atom stereocenters. The molecule has 2 N–H and O–H groups in total. The molecule has 30 heavy (non-hydrogen) atoms. The molecule has 4 aromatic rings. The smallest absolute Gasteiger partial charge is 0.231 e. The second kappa shape index (κ2) is 7.76. The highest BCUT2D eigenvalue weighted by Gasteiger charge is 2.20. The van der Waals surface area contributed by atoms with Crippen LogP contribution in [-0.2, 0) is 10.0 Å². The molecule has 0 aliphatic carbocycles. The van der Waals surface area contributed by atoms with E-state index in [1.165, 1.54) is 10.7 Å². The summed E-state index contributed by atoms with van der Waals surface area (Å²) in [5.41, 5.74) is 3.35. The summed E-state index contributed by atoms with van der Waals surface area (Å²) in [5, 5.41) is 20.1. The van der Waals surface area contributed by atoms with Crippen molar-refractivity contribution in [1.82, 2.24) is 9.78 Å². The van der Waals surface area contributed by atoms with Crippen molar-refractivity contribution < 1.29 is 8.42 Å². The summed E-state index contributed by atoms with van der Waals surface area (Å²) < 4.78 is 25.9. The molecule has 3 aromatic carbocycles. The summed E-state index contributed by atoms with van der Waals surface area (Å²) in [7, 11) is -3.99. The van der Waals surface area contributed by atoms with Gasteiger partial charge in [-0.05, 0) is 36.4 Å². The van der Waals surface area contributed by atoms with Crippen molar-refractivity contribution in [2.45, 2.75) is 4.90 Å². The van der Waals surface area contributed by atoms with Crippen LogP contribution in [0.3, 0.4) is 0 Å². The molecule has 0 radical (unpaired) electrons. The molecule has 0 spiro atoms. The Balaban J connectivity index is 2.02. The lowest BCUT2D eigenvalue weighted by Crippen LogP contribution is -2.16. The Hall–Kier alpha value is -3.44. The van der Waals surface area contributed by atoms with Crippen LogP contribution >= 0.6 is 11.6 Å². The lowest BCUT2D eigenvalue weighted by molar-refractivity contribution is 0.596. The van der Waals surface area contributed by atoms with E-state index in [0.717, 1.165) is 5.56 Å². The van der Waals surface area contributed by atoms with Crippen LogP contribution in [0.1, 0.15) is 5.56 Å². The van der Waals surface area contributed by atoms with Gasteiger partial charge in [0.1, 0.15) is 4.90 Å². The maximum Gasteiger partial charge on any atom is 0.240 e. The Kier molecular flexibility index (Phi) is 5.14. The van der Waals surface area contributed by atoms with Crippen molar-refractivity contribution in [1.29, 1.82) is 5.26 Å². The van der Waals surface area contributed by atoms with Crippen molar-refractivity contribution in [2.24, 2.45) is 5.14 Å².